The fraction of sp³-hybridized carbons (Fsp3) is 0.857. The Morgan fingerprint density at radius 2 is 2.25 bits per heavy atom. The van der Waals surface area contributed by atoms with E-state index in [2.05, 4.69) is 32.6 Å². The van der Waals surface area contributed by atoms with Crippen LogP contribution in [0.15, 0.2) is 0 Å². The first-order valence-corrected chi connectivity index (χ1v) is 5.38. The molecule has 0 bridgehead atoms. The molecule has 5 heteroatoms. The molecule has 1 N–H and O–H groups in total. The average Bonchev–Trinajstić information content (AvgIpc) is 2.05. The molecule has 0 radical (unpaired) electrons. The molecule has 0 aliphatic rings. The molecule has 0 saturated heterocycles. The molecule has 0 unspecified atom stereocenters. The highest BCUT2D eigenvalue weighted by Gasteiger charge is 1.97. The van der Waals surface area contributed by atoms with Crippen LogP contribution in [0.3, 0.4) is 0 Å². The molecule has 1 amide bonds. The van der Waals surface area contributed by atoms with E-state index in [0.29, 0.717) is 19.8 Å². The van der Waals surface area contributed by atoms with Crippen LogP contribution >= 0.6 is 22.6 Å². The summed E-state index contributed by atoms with van der Waals surface area (Å²) in [6.45, 7) is 3.95. The molecule has 12 heavy (non-hydrogen) atoms. The topological polar surface area (TPSA) is 47.6 Å². The highest BCUT2D eigenvalue weighted by molar-refractivity contribution is 14.1. The molecular weight excluding hydrogens is 273 g/mol. The van der Waals surface area contributed by atoms with Gasteiger partial charge in [0.05, 0.1) is 19.8 Å². The minimum absolute atomic E-state index is 0.379. The second-order valence-electron chi connectivity index (χ2n) is 1.95. The van der Waals surface area contributed by atoms with Crippen LogP contribution in [0.4, 0.5) is 4.79 Å². The summed E-state index contributed by atoms with van der Waals surface area (Å²) in [6.07, 6.45) is -0.379. The van der Waals surface area contributed by atoms with Gasteiger partial charge in [-0.3, -0.25) is 0 Å². The number of carbonyl (C=O) groups is 1. The number of alkyl carbamates (subject to hydrolysis) is 1. The quantitative estimate of drug-likeness (QED) is 0.453. The predicted molar refractivity (Wildman–Crippen MR) is 54.7 cm³/mol. The molecule has 4 nitrogen and oxygen atoms in total. The zero-order valence-corrected chi connectivity index (χ0v) is 9.30. The van der Waals surface area contributed by atoms with E-state index >= 15 is 0 Å². The zero-order valence-electron chi connectivity index (χ0n) is 7.14. The molecule has 72 valence electrons. The minimum atomic E-state index is -0.379. The van der Waals surface area contributed by atoms with Gasteiger partial charge in [0, 0.05) is 11.0 Å². The molecule has 0 spiro atoms. The molecule has 0 fully saturated rings. The Labute approximate surface area is 86.1 Å². The summed E-state index contributed by atoms with van der Waals surface area (Å²) in [7, 11) is 0. The second kappa shape index (κ2) is 9.05. The van der Waals surface area contributed by atoms with Crippen molar-refractivity contribution in [1.29, 1.82) is 0 Å². The van der Waals surface area contributed by atoms with Crippen molar-refractivity contribution < 1.29 is 14.3 Å². The van der Waals surface area contributed by atoms with E-state index in [4.69, 9.17) is 4.74 Å². The highest BCUT2D eigenvalue weighted by Crippen LogP contribution is 1.82. The number of alkyl halides is 1. The predicted octanol–water partition coefficient (Wildman–Crippen LogP) is 1.18. The first kappa shape index (κ1) is 12.0. The lowest BCUT2D eigenvalue weighted by Gasteiger charge is -2.04. The third kappa shape index (κ3) is 8.06. The van der Waals surface area contributed by atoms with Gasteiger partial charge in [0.25, 0.3) is 0 Å². The second-order valence-corrected chi connectivity index (χ2v) is 3.03. The van der Waals surface area contributed by atoms with Gasteiger partial charge < -0.3 is 14.8 Å². The molecular formula is C7H14INO3. The van der Waals surface area contributed by atoms with Crippen LogP contribution in [0.2, 0.25) is 0 Å². The van der Waals surface area contributed by atoms with Crippen LogP contribution in [0.25, 0.3) is 0 Å². The van der Waals surface area contributed by atoms with Gasteiger partial charge in [-0.05, 0) is 6.92 Å². The first-order chi connectivity index (χ1) is 5.81. The van der Waals surface area contributed by atoms with E-state index in [1.807, 2.05) is 0 Å². The number of hydrogen-bond donors (Lipinski definition) is 1. The van der Waals surface area contributed by atoms with Crippen molar-refractivity contribution in [2.75, 3.05) is 30.8 Å². The van der Waals surface area contributed by atoms with E-state index in [9.17, 15) is 4.79 Å². The number of amides is 1. The summed E-state index contributed by atoms with van der Waals surface area (Å²) < 4.78 is 10.7. The van der Waals surface area contributed by atoms with Gasteiger partial charge in [0.15, 0.2) is 0 Å². The van der Waals surface area contributed by atoms with Crippen LogP contribution in [0.1, 0.15) is 6.92 Å². The lowest BCUT2D eigenvalue weighted by Crippen LogP contribution is -2.28. The smallest absolute Gasteiger partial charge is 0.407 e. The Kier molecular flexibility index (Phi) is 9.02. The maximum Gasteiger partial charge on any atom is 0.407 e. The van der Waals surface area contributed by atoms with Gasteiger partial charge in [-0.25, -0.2) is 4.79 Å². The first-order valence-electron chi connectivity index (χ1n) is 3.85. The summed E-state index contributed by atoms with van der Waals surface area (Å²) in [5, 5.41) is 2.55. The van der Waals surface area contributed by atoms with Crippen LogP contribution < -0.4 is 5.32 Å². The van der Waals surface area contributed by atoms with Crippen molar-refractivity contribution in [3.63, 3.8) is 0 Å². The number of ether oxygens (including phenoxy) is 2. The maximum atomic E-state index is 10.7. The van der Waals surface area contributed by atoms with Crippen molar-refractivity contribution in [2.24, 2.45) is 0 Å². The molecule has 0 rings (SSSR count). The van der Waals surface area contributed by atoms with Crippen molar-refractivity contribution in [3.8, 4) is 0 Å². The Balaban J connectivity index is 3.03. The van der Waals surface area contributed by atoms with Gasteiger partial charge in [0.1, 0.15) is 0 Å². The number of hydrogen-bond acceptors (Lipinski definition) is 3. The van der Waals surface area contributed by atoms with Gasteiger partial charge in [-0.1, -0.05) is 22.6 Å². The standard InChI is InChI=1S/C7H14INO3/c1-2-12-7(10)9-4-6-11-5-3-8/h2-6H2,1H3,(H,9,10). The molecule has 0 heterocycles. The normalized spacial score (nSPS) is 9.50. The van der Waals surface area contributed by atoms with Crippen LogP contribution in [0.5, 0.6) is 0 Å². The molecule has 0 aromatic carbocycles. The molecule has 0 saturated carbocycles. The molecule has 0 aromatic rings. The van der Waals surface area contributed by atoms with Gasteiger partial charge in [-0.2, -0.15) is 0 Å². The van der Waals surface area contributed by atoms with Gasteiger partial charge in [-0.15, -0.1) is 0 Å². The number of halogens is 1. The largest absolute Gasteiger partial charge is 0.450 e. The van der Waals surface area contributed by atoms with Crippen LogP contribution in [-0.2, 0) is 9.47 Å². The lowest BCUT2D eigenvalue weighted by atomic mass is 10.7. The van der Waals surface area contributed by atoms with Crippen molar-refractivity contribution in [2.45, 2.75) is 6.92 Å². The summed E-state index contributed by atoms with van der Waals surface area (Å²) in [6, 6.07) is 0. The number of nitrogens with one attached hydrogen (secondary N) is 1. The summed E-state index contributed by atoms with van der Waals surface area (Å²) in [5.41, 5.74) is 0. The van der Waals surface area contributed by atoms with Crippen LogP contribution in [-0.4, -0.2) is 36.9 Å². The summed E-state index contributed by atoms with van der Waals surface area (Å²) in [4.78, 5) is 10.7. The van der Waals surface area contributed by atoms with Crippen LogP contribution in [0, 0.1) is 0 Å². The Hall–Kier alpha value is -0.0400. The Morgan fingerprint density at radius 1 is 1.50 bits per heavy atom. The number of rotatable bonds is 6. The Bertz CT molecular complexity index is 121. The monoisotopic (exact) mass is 287 g/mol. The maximum absolute atomic E-state index is 10.7. The van der Waals surface area contributed by atoms with Crippen molar-refractivity contribution in [3.05, 3.63) is 0 Å². The Morgan fingerprint density at radius 3 is 2.83 bits per heavy atom. The molecule has 0 aliphatic carbocycles. The fourth-order valence-corrected chi connectivity index (χ4v) is 0.875. The third-order valence-corrected chi connectivity index (χ3v) is 1.45. The molecule has 0 aromatic heterocycles. The molecule has 0 atom stereocenters. The van der Waals surface area contributed by atoms with E-state index in [1.165, 1.54) is 0 Å². The van der Waals surface area contributed by atoms with E-state index in [-0.39, 0.29) is 6.09 Å². The summed E-state index contributed by atoms with van der Waals surface area (Å²) in [5.74, 6) is 0. The van der Waals surface area contributed by atoms with Gasteiger partial charge >= 0.3 is 6.09 Å². The highest BCUT2D eigenvalue weighted by atomic mass is 127. The van der Waals surface area contributed by atoms with E-state index in [1.54, 1.807) is 6.92 Å². The number of carbonyl (C=O) groups excluding carboxylic acids is 1. The molecule has 0 aliphatic heterocycles. The average molecular weight is 287 g/mol. The SMILES string of the molecule is CCOC(=O)NCCOCCI. The van der Waals surface area contributed by atoms with E-state index < -0.39 is 0 Å². The lowest BCUT2D eigenvalue weighted by molar-refractivity contribution is 0.133. The minimum Gasteiger partial charge on any atom is -0.450 e. The van der Waals surface area contributed by atoms with Gasteiger partial charge in [0.2, 0.25) is 0 Å². The van der Waals surface area contributed by atoms with Crippen molar-refractivity contribution >= 4 is 28.7 Å². The summed E-state index contributed by atoms with van der Waals surface area (Å²) >= 11 is 2.23. The van der Waals surface area contributed by atoms with Crippen molar-refractivity contribution in [1.82, 2.24) is 5.32 Å². The fourth-order valence-electron chi connectivity index (χ4n) is 0.564. The van der Waals surface area contributed by atoms with E-state index in [0.717, 1.165) is 11.0 Å². The zero-order chi connectivity index (χ0) is 9.23. The third-order valence-electron chi connectivity index (χ3n) is 1.01.